The van der Waals surface area contributed by atoms with E-state index in [4.69, 9.17) is 0 Å². The van der Waals surface area contributed by atoms with Crippen LogP contribution in [-0.2, 0) is 6.54 Å². The number of aryl methyl sites for hydroxylation is 1. The highest BCUT2D eigenvalue weighted by Crippen LogP contribution is 2.14. The van der Waals surface area contributed by atoms with E-state index in [1.807, 2.05) is 11.3 Å². The zero-order chi connectivity index (χ0) is 10.4. The third-order valence-electron chi connectivity index (χ3n) is 2.46. The second-order valence-corrected chi connectivity index (χ2v) is 4.60. The molecule has 0 fully saturated rings. The molecule has 0 aliphatic rings. The molecule has 80 valence electrons. The molecule has 0 bridgehead atoms. The third-order valence-corrected chi connectivity index (χ3v) is 3.49. The molecule has 1 rings (SSSR count). The molecule has 0 saturated heterocycles. The average molecular weight is 212 g/mol. The van der Waals surface area contributed by atoms with E-state index < -0.39 is 0 Å². The molecule has 0 aromatic carbocycles. The molecular weight excluding hydrogens is 192 g/mol. The van der Waals surface area contributed by atoms with Crippen molar-refractivity contribution in [2.45, 2.75) is 20.4 Å². The third kappa shape index (κ3) is 3.78. The first-order valence-electron chi connectivity index (χ1n) is 5.16. The first-order valence-corrected chi connectivity index (χ1v) is 6.04. The molecule has 1 aromatic rings. The van der Waals surface area contributed by atoms with Crippen molar-refractivity contribution in [1.82, 2.24) is 10.2 Å². The smallest absolute Gasteiger partial charge is 0.0302 e. The van der Waals surface area contributed by atoms with Gasteiger partial charge in [-0.25, -0.2) is 0 Å². The number of hydrogen-bond donors (Lipinski definition) is 1. The normalized spacial score (nSPS) is 11.1. The fourth-order valence-corrected chi connectivity index (χ4v) is 2.09. The van der Waals surface area contributed by atoms with Crippen LogP contribution in [0, 0.1) is 6.92 Å². The molecule has 0 amide bonds. The average Bonchev–Trinajstić information content (AvgIpc) is 2.58. The Balaban J connectivity index is 2.13. The lowest BCUT2D eigenvalue weighted by Gasteiger charge is -2.13. The monoisotopic (exact) mass is 212 g/mol. The van der Waals surface area contributed by atoms with Gasteiger partial charge in [-0.05, 0) is 37.5 Å². The Labute approximate surface area is 90.9 Å². The van der Waals surface area contributed by atoms with Crippen LogP contribution in [0.2, 0.25) is 0 Å². The van der Waals surface area contributed by atoms with E-state index in [2.05, 4.69) is 42.6 Å². The van der Waals surface area contributed by atoms with Gasteiger partial charge in [-0.3, -0.25) is 0 Å². The zero-order valence-corrected chi connectivity index (χ0v) is 10.2. The molecule has 1 aromatic heterocycles. The Bertz CT molecular complexity index is 258. The largest absolute Gasteiger partial charge is 0.311 e. The summed E-state index contributed by atoms with van der Waals surface area (Å²) in [5, 5.41) is 5.62. The minimum atomic E-state index is 1.01. The molecule has 2 nitrogen and oxygen atoms in total. The molecule has 0 spiro atoms. The summed E-state index contributed by atoms with van der Waals surface area (Å²) in [7, 11) is 2.15. The number of nitrogens with one attached hydrogen (secondary N) is 1. The Morgan fingerprint density at radius 1 is 1.50 bits per heavy atom. The maximum Gasteiger partial charge on any atom is 0.0302 e. The Hall–Kier alpha value is -0.380. The van der Waals surface area contributed by atoms with Crippen molar-refractivity contribution in [3.05, 3.63) is 21.9 Å². The first-order chi connectivity index (χ1) is 6.74. The van der Waals surface area contributed by atoms with Gasteiger partial charge in [-0.1, -0.05) is 6.92 Å². The van der Waals surface area contributed by atoms with Crippen LogP contribution in [-0.4, -0.2) is 31.6 Å². The van der Waals surface area contributed by atoms with E-state index in [-0.39, 0.29) is 0 Å². The highest BCUT2D eigenvalue weighted by Gasteiger charge is 1.98. The number of likely N-dealkylation sites (N-methyl/N-ethyl adjacent to an activating group) is 1. The van der Waals surface area contributed by atoms with Gasteiger partial charge in [0.1, 0.15) is 0 Å². The Morgan fingerprint density at radius 2 is 2.29 bits per heavy atom. The van der Waals surface area contributed by atoms with Crippen molar-refractivity contribution in [3.63, 3.8) is 0 Å². The fraction of sp³-hybridized carbons (Fsp3) is 0.636. The summed E-state index contributed by atoms with van der Waals surface area (Å²) in [5.41, 5.74) is 1.41. The Morgan fingerprint density at radius 3 is 2.86 bits per heavy atom. The van der Waals surface area contributed by atoms with E-state index in [0.29, 0.717) is 0 Å². The second-order valence-electron chi connectivity index (χ2n) is 3.60. The molecule has 0 aliphatic carbocycles. The van der Waals surface area contributed by atoms with Crippen LogP contribution in [0.15, 0.2) is 11.4 Å². The minimum Gasteiger partial charge on any atom is -0.311 e. The SMILES string of the molecule is CCN(C)CCNCc1sccc1C. The number of thiophene rings is 1. The molecule has 0 atom stereocenters. The molecule has 3 heteroatoms. The van der Waals surface area contributed by atoms with Crippen LogP contribution in [0.4, 0.5) is 0 Å². The van der Waals surface area contributed by atoms with E-state index in [0.717, 1.165) is 26.2 Å². The summed E-state index contributed by atoms with van der Waals surface area (Å²) in [5.74, 6) is 0. The molecule has 0 saturated carbocycles. The molecule has 1 N–H and O–H groups in total. The van der Waals surface area contributed by atoms with Crippen molar-refractivity contribution in [2.75, 3.05) is 26.7 Å². The second kappa shape index (κ2) is 6.17. The van der Waals surface area contributed by atoms with Crippen LogP contribution >= 0.6 is 11.3 Å². The molecule has 0 radical (unpaired) electrons. The van der Waals surface area contributed by atoms with Gasteiger partial charge in [-0.2, -0.15) is 0 Å². The van der Waals surface area contributed by atoms with Gasteiger partial charge in [0.25, 0.3) is 0 Å². The maximum absolute atomic E-state index is 3.46. The number of rotatable bonds is 6. The van der Waals surface area contributed by atoms with Crippen LogP contribution in [0.1, 0.15) is 17.4 Å². The van der Waals surface area contributed by atoms with E-state index in [9.17, 15) is 0 Å². The predicted molar refractivity (Wildman–Crippen MR) is 63.9 cm³/mol. The van der Waals surface area contributed by atoms with Crippen LogP contribution < -0.4 is 5.32 Å². The number of hydrogen-bond acceptors (Lipinski definition) is 3. The lowest BCUT2D eigenvalue weighted by Crippen LogP contribution is -2.28. The molecular formula is C11H20N2S. The van der Waals surface area contributed by atoms with Crippen molar-refractivity contribution >= 4 is 11.3 Å². The summed E-state index contributed by atoms with van der Waals surface area (Å²) in [6.45, 7) is 8.69. The number of nitrogens with zero attached hydrogens (tertiary/aromatic N) is 1. The van der Waals surface area contributed by atoms with Gasteiger partial charge in [0, 0.05) is 24.5 Å². The topological polar surface area (TPSA) is 15.3 Å². The van der Waals surface area contributed by atoms with Crippen LogP contribution in [0.3, 0.4) is 0 Å². The molecule has 0 aliphatic heterocycles. The summed E-state index contributed by atoms with van der Waals surface area (Å²) in [6, 6.07) is 2.18. The van der Waals surface area contributed by atoms with E-state index >= 15 is 0 Å². The molecule has 0 unspecified atom stereocenters. The summed E-state index contributed by atoms with van der Waals surface area (Å²) >= 11 is 1.84. The van der Waals surface area contributed by atoms with Gasteiger partial charge < -0.3 is 10.2 Å². The summed E-state index contributed by atoms with van der Waals surface area (Å²) in [6.07, 6.45) is 0. The molecule has 1 heterocycles. The highest BCUT2D eigenvalue weighted by molar-refractivity contribution is 7.10. The molecule has 14 heavy (non-hydrogen) atoms. The van der Waals surface area contributed by atoms with Gasteiger partial charge in [0.05, 0.1) is 0 Å². The van der Waals surface area contributed by atoms with Crippen molar-refractivity contribution < 1.29 is 0 Å². The van der Waals surface area contributed by atoms with Gasteiger partial charge in [0.2, 0.25) is 0 Å². The maximum atomic E-state index is 3.46. The quantitative estimate of drug-likeness (QED) is 0.727. The van der Waals surface area contributed by atoms with Crippen molar-refractivity contribution in [2.24, 2.45) is 0 Å². The summed E-state index contributed by atoms with van der Waals surface area (Å²) in [4.78, 5) is 3.78. The zero-order valence-electron chi connectivity index (χ0n) is 9.34. The van der Waals surface area contributed by atoms with Gasteiger partial charge >= 0.3 is 0 Å². The van der Waals surface area contributed by atoms with Crippen LogP contribution in [0.5, 0.6) is 0 Å². The first kappa shape index (κ1) is 11.7. The van der Waals surface area contributed by atoms with Crippen LogP contribution in [0.25, 0.3) is 0 Å². The standard InChI is InChI=1S/C11H20N2S/c1-4-13(3)7-6-12-9-11-10(2)5-8-14-11/h5,8,12H,4,6-7,9H2,1-3H3. The van der Waals surface area contributed by atoms with Crippen molar-refractivity contribution in [3.8, 4) is 0 Å². The highest BCUT2D eigenvalue weighted by atomic mass is 32.1. The lowest BCUT2D eigenvalue weighted by molar-refractivity contribution is 0.349. The van der Waals surface area contributed by atoms with E-state index in [1.54, 1.807) is 0 Å². The minimum absolute atomic E-state index is 1.01. The van der Waals surface area contributed by atoms with Gasteiger partial charge in [0.15, 0.2) is 0 Å². The summed E-state index contributed by atoms with van der Waals surface area (Å²) < 4.78 is 0. The van der Waals surface area contributed by atoms with Crippen molar-refractivity contribution in [1.29, 1.82) is 0 Å². The fourth-order valence-electron chi connectivity index (χ4n) is 1.22. The van der Waals surface area contributed by atoms with Gasteiger partial charge in [-0.15, -0.1) is 11.3 Å². The lowest BCUT2D eigenvalue weighted by atomic mass is 10.3. The predicted octanol–water partition coefficient (Wildman–Crippen LogP) is 2.10. The van der Waals surface area contributed by atoms with E-state index in [1.165, 1.54) is 10.4 Å². The Kier molecular flexibility index (Phi) is 5.15.